The van der Waals surface area contributed by atoms with Gasteiger partial charge in [0.1, 0.15) is 0 Å². The van der Waals surface area contributed by atoms with Crippen molar-refractivity contribution < 1.29 is 4.74 Å². The summed E-state index contributed by atoms with van der Waals surface area (Å²) in [6.07, 6.45) is 2.16. The van der Waals surface area contributed by atoms with E-state index in [0.717, 1.165) is 39.1 Å². The maximum absolute atomic E-state index is 6.39. The molecule has 2 N–H and O–H groups in total. The first kappa shape index (κ1) is 14.4. The van der Waals surface area contributed by atoms with E-state index in [0.29, 0.717) is 5.92 Å². The summed E-state index contributed by atoms with van der Waals surface area (Å²) in [5.41, 5.74) is 8.93. The number of anilines is 1. The topological polar surface area (TPSA) is 38.5 Å². The maximum atomic E-state index is 6.39. The van der Waals surface area contributed by atoms with E-state index < -0.39 is 0 Å². The lowest BCUT2D eigenvalue weighted by atomic mass is 9.88. The van der Waals surface area contributed by atoms with Gasteiger partial charge in [0.15, 0.2) is 0 Å². The molecule has 0 saturated carbocycles. The van der Waals surface area contributed by atoms with Crippen molar-refractivity contribution in [2.75, 3.05) is 31.2 Å². The van der Waals surface area contributed by atoms with E-state index in [4.69, 9.17) is 10.5 Å². The quantitative estimate of drug-likeness (QED) is 0.886. The second-order valence-corrected chi connectivity index (χ2v) is 5.24. The predicted molar refractivity (Wildman–Crippen MR) is 80.5 cm³/mol. The summed E-state index contributed by atoms with van der Waals surface area (Å²) < 4.78 is 5.40. The first-order valence-corrected chi connectivity index (χ1v) is 7.44. The highest BCUT2D eigenvalue weighted by molar-refractivity contribution is 5.47. The van der Waals surface area contributed by atoms with Crippen LogP contribution >= 0.6 is 0 Å². The molecule has 3 heteroatoms. The van der Waals surface area contributed by atoms with Gasteiger partial charge in [-0.3, -0.25) is 0 Å². The van der Waals surface area contributed by atoms with Crippen molar-refractivity contribution in [1.82, 2.24) is 0 Å². The molecule has 1 heterocycles. The average Bonchev–Trinajstić information content (AvgIpc) is 2.49. The van der Waals surface area contributed by atoms with Gasteiger partial charge in [-0.05, 0) is 50.3 Å². The Balaban J connectivity index is 2.04. The highest BCUT2D eigenvalue weighted by atomic mass is 16.5. The normalized spacial score (nSPS) is 18.3. The fraction of sp³-hybridized carbons (Fsp3) is 0.625. The summed E-state index contributed by atoms with van der Waals surface area (Å²) in [6.45, 7) is 8.17. The Labute approximate surface area is 116 Å². The van der Waals surface area contributed by atoms with Crippen molar-refractivity contribution >= 4 is 5.69 Å². The number of hydrogen-bond donors (Lipinski definition) is 1. The van der Waals surface area contributed by atoms with E-state index in [2.05, 4.69) is 43.0 Å². The number of rotatable bonds is 5. The van der Waals surface area contributed by atoms with Gasteiger partial charge in [-0.2, -0.15) is 0 Å². The van der Waals surface area contributed by atoms with Crippen LogP contribution in [0.1, 0.15) is 38.3 Å². The predicted octanol–water partition coefficient (Wildman–Crippen LogP) is 2.96. The molecule has 106 valence electrons. The molecule has 1 fully saturated rings. The van der Waals surface area contributed by atoms with Crippen LogP contribution in [0.5, 0.6) is 0 Å². The molecule has 1 aromatic rings. The van der Waals surface area contributed by atoms with Crippen LogP contribution in [0.3, 0.4) is 0 Å². The second kappa shape index (κ2) is 6.92. The third-order valence-electron chi connectivity index (χ3n) is 4.18. The number of ether oxygens (including phenoxy) is 1. The molecule has 1 aliphatic heterocycles. The van der Waals surface area contributed by atoms with E-state index in [-0.39, 0.29) is 6.04 Å². The molecule has 0 bridgehead atoms. The van der Waals surface area contributed by atoms with Crippen molar-refractivity contribution in [1.29, 1.82) is 0 Å². The Bertz CT molecular complexity index is 367. The zero-order valence-electron chi connectivity index (χ0n) is 12.1. The van der Waals surface area contributed by atoms with E-state index >= 15 is 0 Å². The smallest absolute Gasteiger partial charge is 0.0469 e. The molecular formula is C16H26N2O. The summed E-state index contributed by atoms with van der Waals surface area (Å²) in [4.78, 5) is 2.35. The minimum Gasteiger partial charge on any atom is -0.381 e. The number of benzene rings is 1. The first-order valence-electron chi connectivity index (χ1n) is 7.44. The molecule has 19 heavy (non-hydrogen) atoms. The Kier molecular flexibility index (Phi) is 5.23. The van der Waals surface area contributed by atoms with Crippen LogP contribution < -0.4 is 10.6 Å². The van der Waals surface area contributed by atoms with E-state index in [1.807, 2.05) is 0 Å². The third-order valence-corrected chi connectivity index (χ3v) is 4.18. The minimum atomic E-state index is 0.148. The molecule has 2 rings (SSSR count). The van der Waals surface area contributed by atoms with Crippen LogP contribution in [0.4, 0.5) is 5.69 Å². The molecule has 0 aromatic heterocycles. The van der Waals surface area contributed by atoms with Crippen molar-refractivity contribution in [3.8, 4) is 0 Å². The standard InChI is InChI=1S/C16H26N2O/c1-3-18(4-2)15-7-5-13(6-8-15)16(17)14-9-11-19-12-10-14/h5-8,14,16H,3-4,9-12,17H2,1-2H3/t16-/m1/s1. The summed E-state index contributed by atoms with van der Waals surface area (Å²) in [7, 11) is 0. The lowest BCUT2D eigenvalue weighted by Gasteiger charge is -2.28. The van der Waals surface area contributed by atoms with Gasteiger partial charge < -0.3 is 15.4 Å². The highest BCUT2D eigenvalue weighted by Crippen LogP contribution is 2.29. The fourth-order valence-corrected chi connectivity index (χ4v) is 2.84. The fourth-order valence-electron chi connectivity index (χ4n) is 2.84. The molecule has 1 aromatic carbocycles. The van der Waals surface area contributed by atoms with Gasteiger partial charge in [-0.1, -0.05) is 12.1 Å². The molecule has 0 aliphatic carbocycles. The van der Waals surface area contributed by atoms with Crippen LogP contribution in [-0.2, 0) is 4.74 Å². The minimum absolute atomic E-state index is 0.148. The Morgan fingerprint density at radius 2 is 1.74 bits per heavy atom. The summed E-state index contributed by atoms with van der Waals surface area (Å²) in [5, 5.41) is 0. The Morgan fingerprint density at radius 3 is 2.26 bits per heavy atom. The van der Waals surface area contributed by atoms with Crippen molar-refractivity contribution in [3.63, 3.8) is 0 Å². The molecule has 1 aliphatic rings. The van der Waals surface area contributed by atoms with Gasteiger partial charge in [0.25, 0.3) is 0 Å². The SMILES string of the molecule is CCN(CC)c1ccc([C@@H](N)C2CCOCC2)cc1. The molecular weight excluding hydrogens is 236 g/mol. The Morgan fingerprint density at radius 1 is 1.16 bits per heavy atom. The largest absolute Gasteiger partial charge is 0.381 e. The lowest BCUT2D eigenvalue weighted by Crippen LogP contribution is -2.27. The van der Waals surface area contributed by atoms with Crippen LogP contribution in [0, 0.1) is 5.92 Å². The van der Waals surface area contributed by atoms with E-state index in [9.17, 15) is 0 Å². The molecule has 1 atom stereocenters. The van der Waals surface area contributed by atoms with Crippen LogP contribution in [-0.4, -0.2) is 26.3 Å². The zero-order chi connectivity index (χ0) is 13.7. The highest BCUT2D eigenvalue weighted by Gasteiger charge is 2.22. The summed E-state index contributed by atoms with van der Waals surface area (Å²) in [5.74, 6) is 0.563. The third kappa shape index (κ3) is 3.48. The second-order valence-electron chi connectivity index (χ2n) is 5.24. The van der Waals surface area contributed by atoms with Crippen LogP contribution in [0.2, 0.25) is 0 Å². The van der Waals surface area contributed by atoms with Gasteiger partial charge in [0.05, 0.1) is 0 Å². The zero-order valence-corrected chi connectivity index (χ0v) is 12.1. The van der Waals surface area contributed by atoms with Gasteiger partial charge in [0, 0.05) is 38.0 Å². The molecule has 0 amide bonds. The van der Waals surface area contributed by atoms with Crippen LogP contribution in [0.25, 0.3) is 0 Å². The monoisotopic (exact) mass is 262 g/mol. The molecule has 0 spiro atoms. The van der Waals surface area contributed by atoms with E-state index in [1.54, 1.807) is 0 Å². The van der Waals surface area contributed by atoms with Gasteiger partial charge in [-0.15, -0.1) is 0 Å². The van der Waals surface area contributed by atoms with Gasteiger partial charge >= 0.3 is 0 Å². The maximum Gasteiger partial charge on any atom is 0.0469 e. The molecule has 3 nitrogen and oxygen atoms in total. The van der Waals surface area contributed by atoms with Crippen molar-refractivity contribution in [3.05, 3.63) is 29.8 Å². The van der Waals surface area contributed by atoms with E-state index in [1.165, 1.54) is 11.3 Å². The molecule has 0 radical (unpaired) electrons. The number of hydrogen-bond acceptors (Lipinski definition) is 3. The van der Waals surface area contributed by atoms with Crippen molar-refractivity contribution in [2.45, 2.75) is 32.7 Å². The summed E-state index contributed by atoms with van der Waals surface area (Å²) >= 11 is 0. The number of nitrogens with two attached hydrogens (primary N) is 1. The lowest BCUT2D eigenvalue weighted by molar-refractivity contribution is 0.0584. The first-order chi connectivity index (χ1) is 9.26. The van der Waals surface area contributed by atoms with Gasteiger partial charge in [0.2, 0.25) is 0 Å². The summed E-state index contributed by atoms with van der Waals surface area (Å²) in [6, 6.07) is 8.92. The molecule has 0 unspecified atom stereocenters. The van der Waals surface area contributed by atoms with Crippen molar-refractivity contribution in [2.24, 2.45) is 11.7 Å². The number of nitrogens with zero attached hydrogens (tertiary/aromatic N) is 1. The Hall–Kier alpha value is -1.06. The average molecular weight is 262 g/mol. The molecule has 1 saturated heterocycles. The van der Waals surface area contributed by atoms with Gasteiger partial charge in [-0.25, -0.2) is 0 Å². The van der Waals surface area contributed by atoms with Crippen LogP contribution in [0.15, 0.2) is 24.3 Å².